The molecule has 3 aromatic rings. The van der Waals surface area contributed by atoms with Crippen molar-refractivity contribution in [3.63, 3.8) is 0 Å². The fraction of sp³-hybridized carbons (Fsp3) is 0.0667. The van der Waals surface area contributed by atoms with Crippen molar-refractivity contribution in [2.75, 3.05) is 7.11 Å². The second kappa shape index (κ2) is 6.27. The molecule has 0 aliphatic heterocycles. The number of ether oxygens (including phenoxy) is 1. The predicted molar refractivity (Wildman–Crippen MR) is 87.2 cm³/mol. The highest BCUT2D eigenvalue weighted by molar-refractivity contribution is 7.17. The van der Waals surface area contributed by atoms with Crippen molar-refractivity contribution >= 4 is 23.9 Å². The zero-order valence-corrected chi connectivity index (χ0v) is 12.6. The second-order valence-corrected chi connectivity index (χ2v) is 5.61. The van der Waals surface area contributed by atoms with Crippen molar-refractivity contribution in [2.24, 2.45) is 0 Å². The summed E-state index contributed by atoms with van der Waals surface area (Å²) < 4.78 is 5.14. The lowest BCUT2D eigenvalue weighted by Crippen LogP contribution is -2.29. The molecule has 0 aliphatic rings. The van der Waals surface area contributed by atoms with Gasteiger partial charge in [0.2, 0.25) is 0 Å². The summed E-state index contributed by atoms with van der Waals surface area (Å²) in [4.78, 5) is 0. The largest absolute Gasteiger partial charge is 0.497 e. The van der Waals surface area contributed by atoms with Gasteiger partial charge in [-0.1, -0.05) is 35.6 Å². The van der Waals surface area contributed by atoms with Gasteiger partial charge in [-0.25, -0.2) is 0 Å². The molecule has 110 valence electrons. The predicted octanol–water partition coefficient (Wildman–Crippen LogP) is 1.56. The molecule has 0 fully saturated rings. The number of nitrogens with zero attached hydrogens (tertiary/aromatic N) is 2. The van der Waals surface area contributed by atoms with Gasteiger partial charge in [0.15, 0.2) is 0 Å². The Bertz CT molecular complexity index is 757. The van der Waals surface area contributed by atoms with Crippen LogP contribution < -0.4 is 10.2 Å². The Balaban J connectivity index is 1.86. The highest BCUT2D eigenvalue weighted by Gasteiger charge is 2.12. The first-order chi connectivity index (χ1) is 10.7. The van der Waals surface area contributed by atoms with Crippen LogP contribution in [0.4, 0.5) is 0 Å². The van der Waals surface area contributed by atoms with Crippen LogP contribution in [-0.2, 0) is 0 Å². The Morgan fingerprint density at radius 2 is 1.36 bits per heavy atom. The molecule has 3 rings (SSSR count). The van der Waals surface area contributed by atoms with Gasteiger partial charge in [0.1, 0.15) is 15.8 Å². The molecule has 5 nitrogen and oxygen atoms in total. The van der Waals surface area contributed by atoms with E-state index in [4.69, 9.17) is 14.8 Å². The summed E-state index contributed by atoms with van der Waals surface area (Å²) in [6, 6.07) is 14.6. The van der Waals surface area contributed by atoms with E-state index in [-0.39, 0.29) is 0 Å². The Morgan fingerprint density at radius 1 is 0.864 bits per heavy atom. The maximum atomic E-state index is 9.10. The first-order valence-corrected chi connectivity index (χ1v) is 7.43. The summed E-state index contributed by atoms with van der Waals surface area (Å²) in [7, 11) is 0.170. The molecule has 22 heavy (non-hydrogen) atoms. The maximum Gasteiger partial charge on any atom is 0.488 e. The lowest BCUT2D eigenvalue weighted by atomic mass is 9.80. The van der Waals surface area contributed by atoms with E-state index in [0.29, 0.717) is 5.46 Å². The number of hydrogen-bond acceptors (Lipinski definition) is 6. The normalized spacial score (nSPS) is 10.5. The van der Waals surface area contributed by atoms with Gasteiger partial charge in [0, 0.05) is 11.1 Å². The van der Waals surface area contributed by atoms with Crippen molar-refractivity contribution in [3.8, 4) is 26.9 Å². The van der Waals surface area contributed by atoms with E-state index in [1.807, 2.05) is 24.3 Å². The highest BCUT2D eigenvalue weighted by atomic mass is 32.1. The summed E-state index contributed by atoms with van der Waals surface area (Å²) in [5, 5.41) is 28.2. The van der Waals surface area contributed by atoms with E-state index in [0.717, 1.165) is 26.9 Å². The summed E-state index contributed by atoms with van der Waals surface area (Å²) in [6.45, 7) is 0. The Labute approximate surface area is 132 Å². The van der Waals surface area contributed by atoms with Gasteiger partial charge in [-0.05, 0) is 29.7 Å². The Morgan fingerprint density at radius 3 is 1.82 bits per heavy atom. The van der Waals surface area contributed by atoms with Crippen LogP contribution in [0, 0.1) is 0 Å². The first-order valence-electron chi connectivity index (χ1n) is 6.62. The summed E-state index contributed by atoms with van der Waals surface area (Å²) in [5.74, 6) is 0.798. The zero-order valence-electron chi connectivity index (χ0n) is 11.8. The average Bonchev–Trinajstić information content (AvgIpc) is 3.05. The van der Waals surface area contributed by atoms with Crippen molar-refractivity contribution in [3.05, 3.63) is 48.5 Å². The fourth-order valence-electron chi connectivity index (χ4n) is 1.99. The lowest BCUT2D eigenvalue weighted by molar-refractivity contribution is 0.415. The molecule has 1 heterocycles. The molecule has 1 aromatic heterocycles. The van der Waals surface area contributed by atoms with Crippen LogP contribution in [-0.4, -0.2) is 34.5 Å². The van der Waals surface area contributed by atoms with Crippen molar-refractivity contribution < 1.29 is 14.8 Å². The molecule has 0 atom stereocenters. The van der Waals surface area contributed by atoms with E-state index in [1.54, 1.807) is 31.4 Å². The minimum atomic E-state index is -1.46. The van der Waals surface area contributed by atoms with E-state index in [2.05, 4.69) is 10.2 Å². The molecule has 0 aliphatic carbocycles. The van der Waals surface area contributed by atoms with Crippen LogP contribution in [0.5, 0.6) is 5.75 Å². The summed E-state index contributed by atoms with van der Waals surface area (Å²) >= 11 is 1.48. The maximum absolute atomic E-state index is 9.10. The number of rotatable bonds is 4. The summed E-state index contributed by atoms with van der Waals surface area (Å²) in [5.41, 5.74) is 2.32. The molecule has 0 spiro atoms. The van der Waals surface area contributed by atoms with Gasteiger partial charge >= 0.3 is 7.12 Å². The van der Waals surface area contributed by atoms with Gasteiger partial charge in [0.05, 0.1) is 7.11 Å². The Kier molecular flexibility index (Phi) is 4.19. The van der Waals surface area contributed by atoms with E-state index >= 15 is 0 Å². The van der Waals surface area contributed by atoms with Gasteiger partial charge < -0.3 is 14.8 Å². The molecule has 0 radical (unpaired) electrons. The smallest absolute Gasteiger partial charge is 0.488 e. The van der Waals surface area contributed by atoms with Gasteiger partial charge in [-0.15, -0.1) is 10.2 Å². The second-order valence-electron chi connectivity index (χ2n) is 4.64. The molecule has 0 unspecified atom stereocenters. The molecular weight excluding hydrogens is 299 g/mol. The van der Waals surface area contributed by atoms with Crippen molar-refractivity contribution in [1.82, 2.24) is 10.2 Å². The Hall–Kier alpha value is -2.22. The zero-order chi connectivity index (χ0) is 15.5. The van der Waals surface area contributed by atoms with Gasteiger partial charge in [-0.3, -0.25) is 0 Å². The van der Waals surface area contributed by atoms with Crippen LogP contribution in [0.2, 0.25) is 0 Å². The number of methoxy groups -OCH3 is 1. The highest BCUT2D eigenvalue weighted by Crippen LogP contribution is 2.30. The fourth-order valence-corrected chi connectivity index (χ4v) is 2.84. The first kappa shape index (κ1) is 14.7. The SMILES string of the molecule is COc1ccc(-c2nnc(-c3ccc(B(O)O)cc3)s2)cc1. The molecule has 2 N–H and O–H groups in total. The lowest BCUT2D eigenvalue weighted by Gasteiger charge is -2.00. The summed E-state index contributed by atoms with van der Waals surface area (Å²) in [6.07, 6.45) is 0. The topological polar surface area (TPSA) is 75.5 Å². The standard InChI is InChI=1S/C15H13BN2O3S/c1-21-13-8-4-11(5-9-13)15-18-17-14(22-15)10-2-6-12(7-3-10)16(19)20/h2-9,19-20H,1H3. The van der Waals surface area contributed by atoms with Crippen molar-refractivity contribution in [1.29, 1.82) is 0 Å². The number of aromatic nitrogens is 2. The third kappa shape index (κ3) is 3.01. The molecular formula is C15H13BN2O3S. The average molecular weight is 312 g/mol. The third-order valence-corrected chi connectivity index (χ3v) is 4.24. The number of benzene rings is 2. The van der Waals surface area contributed by atoms with E-state index in [1.165, 1.54) is 11.3 Å². The quantitative estimate of drug-likeness (QED) is 0.715. The number of hydrogen-bond donors (Lipinski definition) is 2. The van der Waals surface area contributed by atoms with Crippen LogP contribution >= 0.6 is 11.3 Å². The van der Waals surface area contributed by atoms with Gasteiger partial charge in [-0.2, -0.15) is 0 Å². The van der Waals surface area contributed by atoms with Crippen LogP contribution in [0.3, 0.4) is 0 Å². The molecule has 7 heteroatoms. The van der Waals surface area contributed by atoms with Crippen LogP contribution in [0.1, 0.15) is 0 Å². The van der Waals surface area contributed by atoms with Crippen molar-refractivity contribution in [2.45, 2.75) is 0 Å². The van der Waals surface area contributed by atoms with E-state index in [9.17, 15) is 0 Å². The molecule has 0 bridgehead atoms. The third-order valence-electron chi connectivity index (χ3n) is 3.22. The minimum Gasteiger partial charge on any atom is -0.497 e. The van der Waals surface area contributed by atoms with Crippen LogP contribution in [0.15, 0.2) is 48.5 Å². The minimum absolute atomic E-state index is 0.448. The van der Waals surface area contributed by atoms with Crippen LogP contribution in [0.25, 0.3) is 21.1 Å². The molecule has 2 aromatic carbocycles. The van der Waals surface area contributed by atoms with Gasteiger partial charge in [0.25, 0.3) is 0 Å². The molecule has 0 amide bonds. The van der Waals surface area contributed by atoms with E-state index < -0.39 is 7.12 Å². The molecule has 0 saturated heterocycles. The molecule has 0 saturated carbocycles. The monoisotopic (exact) mass is 312 g/mol.